The molecule has 124 valence electrons. The second-order valence-electron chi connectivity index (χ2n) is 6.46. The number of halogens is 3. The summed E-state index contributed by atoms with van der Waals surface area (Å²) in [5, 5.41) is 5.36. The van der Waals surface area contributed by atoms with E-state index in [1.807, 2.05) is 39.0 Å². The number of carbonyl (C=O) groups is 1. The minimum atomic E-state index is -2.78. The molecule has 0 saturated carbocycles. The van der Waals surface area contributed by atoms with Crippen molar-refractivity contribution < 1.29 is 13.6 Å². The first kappa shape index (κ1) is 18.8. The van der Waals surface area contributed by atoms with Gasteiger partial charge in [-0.3, -0.25) is 10.1 Å². The van der Waals surface area contributed by atoms with Crippen molar-refractivity contribution in [1.82, 2.24) is 10.6 Å². The lowest BCUT2D eigenvalue weighted by atomic mass is 9.84. The Balaban J connectivity index is 0.00000242. The van der Waals surface area contributed by atoms with E-state index in [0.29, 0.717) is 6.54 Å². The van der Waals surface area contributed by atoms with Gasteiger partial charge in [0.15, 0.2) is 0 Å². The predicted molar refractivity (Wildman–Crippen MR) is 85.8 cm³/mol. The molecule has 0 bridgehead atoms. The van der Waals surface area contributed by atoms with Gasteiger partial charge in [0.2, 0.25) is 5.91 Å². The predicted octanol–water partition coefficient (Wildman–Crippen LogP) is 2.81. The summed E-state index contributed by atoms with van der Waals surface area (Å²) in [6, 6.07) is 7.29. The molecular formula is C16H23ClF2N2O. The van der Waals surface area contributed by atoms with E-state index in [2.05, 4.69) is 16.7 Å². The SMILES string of the molecule is Cc1cccc(C(C)(C)CNC(=O)C2CC(F)(F)CN2)c1.Cl. The van der Waals surface area contributed by atoms with E-state index in [-0.39, 0.29) is 23.7 Å². The maximum atomic E-state index is 13.1. The zero-order chi connectivity index (χ0) is 15.7. The second-order valence-corrected chi connectivity index (χ2v) is 6.46. The third-order valence-corrected chi connectivity index (χ3v) is 3.93. The monoisotopic (exact) mass is 332 g/mol. The summed E-state index contributed by atoms with van der Waals surface area (Å²) in [7, 11) is 0. The molecule has 1 aromatic carbocycles. The summed E-state index contributed by atoms with van der Waals surface area (Å²) in [5.74, 6) is -3.14. The van der Waals surface area contributed by atoms with Gasteiger partial charge < -0.3 is 5.32 Å². The van der Waals surface area contributed by atoms with Gasteiger partial charge in [0, 0.05) is 18.4 Å². The maximum Gasteiger partial charge on any atom is 0.262 e. The fourth-order valence-electron chi connectivity index (χ4n) is 2.50. The van der Waals surface area contributed by atoms with Crippen molar-refractivity contribution in [3.05, 3.63) is 35.4 Å². The summed E-state index contributed by atoms with van der Waals surface area (Å²) in [6.07, 6.45) is -0.427. The van der Waals surface area contributed by atoms with Crippen LogP contribution in [0.4, 0.5) is 8.78 Å². The lowest BCUT2D eigenvalue weighted by Crippen LogP contribution is -2.45. The summed E-state index contributed by atoms with van der Waals surface area (Å²) >= 11 is 0. The highest BCUT2D eigenvalue weighted by Gasteiger charge is 2.42. The van der Waals surface area contributed by atoms with Crippen molar-refractivity contribution >= 4 is 18.3 Å². The van der Waals surface area contributed by atoms with E-state index in [4.69, 9.17) is 0 Å². The zero-order valence-corrected chi connectivity index (χ0v) is 13.9. The lowest BCUT2D eigenvalue weighted by Gasteiger charge is -2.26. The summed E-state index contributed by atoms with van der Waals surface area (Å²) < 4.78 is 26.2. The molecule has 2 rings (SSSR count). The molecule has 22 heavy (non-hydrogen) atoms. The molecule has 0 spiro atoms. The standard InChI is InChI=1S/C16H22F2N2O.ClH/c1-11-5-4-6-12(7-11)15(2,3)9-20-14(21)13-8-16(17,18)10-19-13;/h4-7,13,19H,8-10H2,1-3H3,(H,20,21);1H. The summed E-state index contributed by atoms with van der Waals surface area (Å²) in [5.41, 5.74) is 2.03. The summed E-state index contributed by atoms with van der Waals surface area (Å²) in [6.45, 7) is 6.06. The van der Waals surface area contributed by atoms with Gasteiger partial charge in [-0.05, 0) is 12.5 Å². The lowest BCUT2D eigenvalue weighted by molar-refractivity contribution is -0.123. The molecule has 1 atom stereocenters. The van der Waals surface area contributed by atoms with Crippen LogP contribution in [0.15, 0.2) is 24.3 Å². The Bertz CT molecular complexity index is 535. The van der Waals surface area contributed by atoms with E-state index in [1.165, 1.54) is 0 Å². The summed E-state index contributed by atoms with van der Waals surface area (Å²) in [4.78, 5) is 12.0. The Labute approximate surface area is 136 Å². The van der Waals surface area contributed by atoms with Crippen molar-refractivity contribution in [1.29, 1.82) is 0 Å². The largest absolute Gasteiger partial charge is 0.354 e. The molecule has 1 unspecified atom stereocenters. The normalized spacial score (nSPS) is 20.3. The average molecular weight is 333 g/mol. The Morgan fingerprint density at radius 3 is 2.68 bits per heavy atom. The highest BCUT2D eigenvalue weighted by Crippen LogP contribution is 2.26. The molecule has 0 radical (unpaired) electrons. The first-order valence-corrected chi connectivity index (χ1v) is 7.16. The van der Waals surface area contributed by atoms with Crippen LogP contribution in [0.3, 0.4) is 0 Å². The number of amides is 1. The number of benzene rings is 1. The molecule has 6 heteroatoms. The molecule has 1 fully saturated rings. The minimum Gasteiger partial charge on any atom is -0.354 e. The van der Waals surface area contributed by atoms with Crippen LogP contribution < -0.4 is 10.6 Å². The smallest absolute Gasteiger partial charge is 0.262 e. The molecule has 3 nitrogen and oxygen atoms in total. The molecule has 1 heterocycles. The fraction of sp³-hybridized carbons (Fsp3) is 0.562. The Morgan fingerprint density at radius 2 is 2.14 bits per heavy atom. The molecular weight excluding hydrogens is 310 g/mol. The van der Waals surface area contributed by atoms with Gasteiger partial charge in [0.25, 0.3) is 5.92 Å². The topological polar surface area (TPSA) is 41.1 Å². The molecule has 1 saturated heterocycles. The number of rotatable bonds is 4. The second kappa shape index (κ2) is 6.92. The maximum absolute atomic E-state index is 13.1. The van der Waals surface area contributed by atoms with Crippen LogP contribution >= 0.6 is 12.4 Å². The number of alkyl halides is 2. The van der Waals surface area contributed by atoms with Crippen LogP contribution in [0, 0.1) is 6.92 Å². The van der Waals surface area contributed by atoms with E-state index in [9.17, 15) is 13.6 Å². The van der Waals surface area contributed by atoms with Gasteiger partial charge in [-0.2, -0.15) is 0 Å². The molecule has 2 N–H and O–H groups in total. The fourth-order valence-corrected chi connectivity index (χ4v) is 2.50. The van der Waals surface area contributed by atoms with Gasteiger partial charge in [-0.25, -0.2) is 8.78 Å². The van der Waals surface area contributed by atoms with E-state index in [0.717, 1.165) is 11.1 Å². The van der Waals surface area contributed by atoms with Crippen LogP contribution in [0.2, 0.25) is 0 Å². The number of nitrogens with one attached hydrogen (secondary N) is 2. The van der Waals surface area contributed by atoms with Crippen molar-refractivity contribution in [3.63, 3.8) is 0 Å². The van der Waals surface area contributed by atoms with Crippen molar-refractivity contribution in [2.24, 2.45) is 0 Å². The number of aryl methyl sites for hydroxylation is 1. The first-order chi connectivity index (χ1) is 9.70. The molecule has 0 aromatic heterocycles. The molecule has 1 aromatic rings. The van der Waals surface area contributed by atoms with Gasteiger partial charge >= 0.3 is 0 Å². The molecule has 1 amide bonds. The highest BCUT2D eigenvalue weighted by atomic mass is 35.5. The third-order valence-electron chi connectivity index (χ3n) is 3.93. The molecule has 0 aliphatic carbocycles. The van der Waals surface area contributed by atoms with E-state index >= 15 is 0 Å². The van der Waals surface area contributed by atoms with Crippen LogP contribution in [0.25, 0.3) is 0 Å². The Hall–Kier alpha value is -1.20. The number of carbonyl (C=O) groups excluding carboxylic acids is 1. The Kier molecular flexibility index (Phi) is 5.93. The van der Waals surface area contributed by atoms with Gasteiger partial charge in [-0.1, -0.05) is 43.7 Å². The van der Waals surface area contributed by atoms with Gasteiger partial charge in [-0.15, -0.1) is 12.4 Å². The van der Waals surface area contributed by atoms with E-state index < -0.39 is 24.9 Å². The molecule has 1 aliphatic heterocycles. The van der Waals surface area contributed by atoms with Crippen LogP contribution in [0.5, 0.6) is 0 Å². The van der Waals surface area contributed by atoms with Gasteiger partial charge in [0.05, 0.1) is 12.6 Å². The van der Waals surface area contributed by atoms with E-state index in [1.54, 1.807) is 0 Å². The first-order valence-electron chi connectivity index (χ1n) is 7.16. The van der Waals surface area contributed by atoms with Crippen molar-refractivity contribution in [2.75, 3.05) is 13.1 Å². The average Bonchev–Trinajstić information content (AvgIpc) is 2.76. The number of hydrogen-bond donors (Lipinski definition) is 2. The quantitative estimate of drug-likeness (QED) is 0.890. The third kappa shape index (κ3) is 4.65. The zero-order valence-electron chi connectivity index (χ0n) is 13.1. The minimum absolute atomic E-state index is 0. The van der Waals surface area contributed by atoms with Crippen molar-refractivity contribution in [2.45, 2.75) is 44.6 Å². The van der Waals surface area contributed by atoms with Crippen molar-refractivity contribution in [3.8, 4) is 0 Å². The van der Waals surface area contributed by atoms with Crippen LogP contribution in [0.1, 0.15) is 31.4 Å². The highest BCUT2D eigenvalue weighted by molar-refractivity contribution is 5.85. The molecule has 1 aliphatic rings. The van der Waals surface area contributed by atoms with Crippen LogP contribution in [-0.2, 0) is 10.2 Å². The van der Waals surface area contributed by atoms with Crippen LogP contribution in [-0.4, -0.2) is 31.0 Å². The van der Waals surface area contributed by atoms with Gasteiger partial charge in [0.1, 0.15) is 0 Å². The Morgan fingerprint density at radius 1 is 1.45 bits per heavy atom. The number of hydrogen-bond acceptors (Lipinski definition) is 2.